The van der Waals surface area contributed by atoms with Crippen molar-refractivity contribution in [3.05, 3.63) is 21.4 Å². The highest BCUT2D eigenvalue weighted by atomic mass is 79.9. The zero-order chi connectivity index (χ0) is 24.5. The van der Waals surface area contributed by atoms with Gasteiger partial charge >= 0.3 is 12.1 Å². The molecule has 8 nitrogen and oxygen atoms in total. The molecule has 0 radical (unpaired) electrons. The van der Waals surface area contributed by atoms with Gasteiger partial charge in [0.25, 0.3) is 0 Å². The predicted octanol–water partition coefficient (Wildman–Crippen LogP) is 4.47. The summed E-state index contributed by atoms with van der Waals surface area (Å²) < 4.78 is 35.6. The molecule has 35 heavy (non-hydrogen) atoms. The number of halogens is 4. The van der Waals surface area contributed by atoms with E-state index in [-0.39, 0.29) is 45.3 Å². The Kier molecular flexibility index (Phi) is 5.72. The number of nitrogens with zero attached hydrogens (tertiary/aromatic N) is 5. The van der Waals surface area contributed by atoms with E-state index in [0.29, 0.717) is 37.3 Å². The monoisotopic (exact) mass is 571 g/mol. The number of carboxylic acid groups (broad SMARTS) is 1. The minimum absolute atomic E-state index is 0.0252. The van der Waals surface area contributed by atoms with Gasteiger partial charge in [-0.1, -0.05) is 11.6 Å². The molecule has 188 valence electrons. The fourth-order valence-corrected chi connectivity index (χ4v) is 6.97. The lowest BCUT2D eigenvalue weighted by atomic mass is 9.95. The molecule has 2 aromatic rings. The van der Waals surface area contributed by atoms with Gasteiger partial charge in [0.2, 0.25) is 0 Å². The molecule has 4 fully saturated rings. The summed E-state index contributed by atoms with van der Waals surface area (Å²) in [5.74, 6) is -0.144. The molecule has 0 saturated carbocycles. The minimum atomic E-state index is -0.921. The molecule has 5 heterocycles. The zero-order valence-electron chi connectivity index (χ0n) is 18.9. The Morgan fingerprint density at radius 2 is 2.03 bits per heavy atom. The first-order valence-electron chi connectivity index (χ1n) is 11.9. The summed E-state index contributed by atoms with van der Waals surface area (Å²) in [6.45, 7) is 2.34. The second-order valence-corrected chi connectivity index (χ2v) is 11.3. The maximum absolute atomic E-state index is 15.3. The van der Waals surface area contributed by atoms with Crippen molar-refractivity contribution in [1.29, 1.82) is 0 Å². The van der Waals surface area contributed by atoms with Crippen molar-refractivity contribution >= 4 is 50.3 Å². The number of ether oxygens (including phenoxy) is 1. The van der Waals surface area contributed by atoms with Crippen molar-refractivity contribution in [2.24, 2.45) is 0 Å². The Bertz CT molecular complexity index is 1190. The van der Waals surface area contributed by atoms with Gasteiger partial charge in [-0.2, -0.15) is 9.97 Å². The van der Waals surface area contributed by atoms with E-state index < -0.39 is 18.1 Å². The average molecular weight is 573 g/mol. The largest absolute Gasteiger partial charge is 0.465 e. The first-order valence-corrected chi connectivity index (χ1v) is 13.1. The van der Waals surface area contributed by atoms with E-state index in [2.05, 4.69) is 30.8 Å². The summed E-state index contributed by atoms with van der Waals surface area (Å²) in [6.07, 6.45) is 1.95. The Balaban J connectivity index is 1.37. The molecule has 4 saturated heterocycles. The number of carbonyl (C=O) groups is 1. The molecule has 4 aliphatic heterocycles. The maximum Gasteiger partial charge on any atom is 0.407 e. The van der Waals surface area contributed by atoms with E-state index in [1.165, 1.54) is 4.90 Å². The first-order chi connectivity index (χ1) is 16.8. The van der Waals surface area contributed by atoms with Gasteiger partial charge < -0.3 is 14.7 Å². The number of rotatable bonds is 4. The first kappa shape index (κ1) is 23.4. The van der Waals surface area contributed by atoms with Gasteiger partial charge in [-0.05, 0) is 54.2 Å². The van der Waals surface area contributed by atoms with E-state index in [9.17, 15) is 14.3 Å². The van der Waals surface area contributed by atoms with E-state index in [4.69, 9.17) is 16.3 Å². The van der Waals surface area contributed by atoms with Crippen LogP contribution >= 0.6 is 27.5 Å². The predicted molar refractivity (Wildman–Crippen MR) is 130 cm³/mol. The number of hydrogen-bond acceptors (Lipinski definition) is 6. The van der Waals surface area contributed by atoms with Crippen LogP contribution in [0.3, 0.4) is 0 Å². The molecule has 4 aliphatic rings. The van der Waals surface area contributed by atoms with E-state index in [1.807, 2.05) is 4.90 Å². The smallest absolute Gasteiger partial charge is 0.407 e. The summed E-state index contributed by atoms with van der Waals surface area (Å²) in [7, 11) is 0. The van der Waals surface area contributed by atoms with Gasteiger partial charge in [0.1, 0.15) is 24.1 Å². The van der Waals surface area contributed by atoms with Crippen molar-refractivity contribution in [1.82, 2.24) is 19.8 Å². The van der Waals surface area contributed by atoms with Crippen LogP contribution < -0.4 is 9.64 Å². The van der Waals surface area contributed by atoms with Crippen LogP contribution in [0.1, 0.15) is 32.1 Å². The quantitative estimate of drug-likeness (QED) is 0.542. The Hall–Kier alpha value is -1.98. The third-order valence-corrected chi connectivity index (χ3v) is 9.32. The second kappa shape index (κ2) is 8.55. The SMILES string of the molecule is O=C(O)N1[C@@H]2CC[C@H]1CN(c1nc(OC[C@@]34CCCN3C[C@H](F)C4)nc3c(F)c(Br)c(Cl)cc13)C2. The molecule has 1 N–H and O–H groups in total. The molecule has 0 spiro atoms. The molecule has 2 bridgehead atoms. The van der Waals surface area contributed by atoms with E-state index in [0.717, 1.165) is 32.2 Å². The molecule has 1 aromatic heterocycles. The number of anilines is 1. The third-order valence-electron chi connectivity index (χ3n) is 8.02. The van der Waals surface area contributed by atoms with Crippen LogP contribution in [-0.2, 0) is 0 Å². The Morgan fingerprint density at radius 1 is 1.29 bits per heavy atom. The third kappa shape index (κ3) is 3.81. The molecule has 1 aromatic carbocycles. The van der Waals surface area contributed by atoms with Crippen molar-refractivity contribution in [2.75, 3.05) is 37.7 Å². The van der Waals surface area contributed by atoms with Crippen LogP contribution in [0.4, 0.5) is 19.4 Å². The molecule has 12 heteroatoms. The molecule has 0 aliphatic carbocycles. The highest BCUT2D eigenvalue weighted by molar-refractivity contribution is 9.10. The second-order valence-electron chi connectivity index (χ2n) is 10.1. The van der Waals surface area contributed by atoms with Crippen LogP contribution in [-0.4, -0.2) is 87.5 Å². The van der Waals surface area contributed by atoms with Crippen LogP contribution in [0.15, 0.2) is 10.5 Å². The highest BCUT2D eigenvalue weighted by Gasteiger charge is 2.49. The number of piperazine rings is 1. The Morgan fingerprint density at radius 3 is 2.74 bits per heavy atom. The maximum atomic E-state index is 15.3. The number of hydrogen-bond donors (Lipinski definition) is 1. The summed E-state index contributed by atoms with van der Waals surface area (Å²) in [6, 6.07) is 1.32. The van der Waals surface area contributed by atoms with Crippen molar-refractivity contribution < 1.29 is 23.4 Å². The van der Waals surface area contributed by atoms with Crippen molar-refractivity contribution in [3.8, 4) is 6.01 Å². The van der Waals surface area contributed by atoms with Gasteiger partial charge in [-0.25, -0.2) is 13.6 Å². The molecule has 0 unspecified atom stereocenters. The lowest BCUT2D eigenvalue weighted by molar-refractivity contribution is 0.107. The number of alkyl halides is 1. The fraction of sp³-hybridized carbons (Fsp3) is 0.609. The molecule has 1 amide bonds. The highest BCUT2D eigenvalue weighted by Crippen LogP contribution is 2.42. The van der Waals surface area contributed by atoms with Crippen molar-refractivity contribution in [3.63, 3.8) is 0 Å². The van der Waals surface area contributed by atoms with Gasteiger partial charge in [0.15, 0.2) is 5.82 Å². The number of benzene rings is 1. The minimum Gasteiger partial charge on any atom is -0.465 e. The molecule has 4 atom stereocenters. The summed E-state index contributed by atoms with van der Waals surface area (Å²) >= 11 is 9.47. The van der Waals surface area contributed by atoms with Gasteiger partial charge in [-0.3, -0.25) is 9.80 Å². The van der Waals surface area contributed by atoms with Crippen LogP contribution in [0.2, 0.25) is 5.02 Å². The van der Waals surface area contributed by atoms with Gasteiger partial charge in [0, 0.05) is 31.4 Å². The van der Waals surface area contributed by atoms with Crippen LogP contribution in [0, 0.1) is 5.82 Å². The summed E-state index contributed by atoms with van der Waals surface area (Å²) in [5, 5.41) is 10.3. The Labute approximate surface area is 214 Å². The molecular formula is C23H25BrClF2N5O3. The van der Waals surface area contributed by atoms with Crippen LogP contribution in [0.25, 0.3) is 10.9 Å². The average Bonchev–Trinajstić information content (AvgIpc) is 3.43. The van der Waals surface area contributed by atoms with Gasteiger partial charge in [0.05, 0.1) is 27.1 Å². The molecular weight excluding hydrogens is 548 g/mol. The normalized spacial score (nSPS) is 30.3. The summed E-state index contributed by atoms with van der Waals surface area (Å²) in [5.41, 5.74) is -0.312. The van der Waals surface area contributed by atoms with Crippen molar-refractivity contribution in [2.45, 2.75) is 55.9 Å². The zero-order valence-corrected chi connectivity index (χ0v) is 21.2. The lowest BCUT2D eigenvalue weighted by Gasteiger charge is -2.40. The topological polar surface area (TPSA) is 82.0 Å². The fourth-order valence-electron chi connectivity index (χ4n) is 6.48. The lowest BCUT2D eigenvalue weighted by Crippen LogP contribution is -2.55. The van der Waals surface area contributed by atoms with Crippen LogP contribution in [0.5, 0.6) is 6.01 Å². The number of aromatic nitrogens is 2. The van der Waals surface area contributed by atoms with E-state index in [1.54, 1.807) is 6.07 Å². The van der Waals surface area contributed by atoms with Gasteiger partial charge in [-0.15, -0.1) is 0 Å². The molecule has 6 rings (SSSR count). The number of fused-ring (bicyclic) bond motifs is 4. The summed E-state index contributed by atoms with van der Waals surface area (Å²) in [4.78, 5) is 26.4. The van der Waals surface area contributed by atoms with E-state index >= 15 is 4.39 Å². The standard InChI is InChI=1S/C23H25BrClF2N5O3/c24-17-16(25)6-15-19(18(17)27)28-21(35-11-23-4-1-5-31(23)8-12(26)7-23)29-20(15)30-9-13-2-3-14(10-30)32(13)22(33)34/h6,12-14H,1-5,7-11H2,(H,33,34)/t12-,13-,14+,23+/m1/s1. The number of amides is 1.